The monoisotopic (exact) mass is 428 g/mol. The van der Waals surface area contributed by atoms with Crippen LogP contribution in [0.3, 0.4) is 0 Å². The summed E-state index contributed by atoms with van der Waals surface area (Å²) < 4.78 is 18.9. The highest BCUT2D eigenvalue weighted by molar-refractivity contribution is 5.93. The van der Waals surface area contributed by atoms with Crippen molar-refractivity contribution in [3.05, 3.63) is 59.7 Å². The number of carbonyl (C=O) groups excluding carboxylic acids is 1. The summed E-state index contributed by atoms with van der Waals surface area (Å²) in [5, 5.41) is 2.82. The summed E-state index contributed by atoms with van der Waals surface area (Å²) in [5.74, 6) is 0.234. The third-order valence-electron chi connectivity index (χ3n) is 4.14. The van der Waals surface area contributed by atoms with Crippen LogP contribution in [0.15, 0.2) is 42.5 Å². The average molecular weight is 429 g/mol. The second-order valence-electron chi connectivity index (χ2n) is 6.03. The number of hydrogen-bond acceptors (Lipinski definition) is 4. The van der Waals surface area contributed by atoms with Gasteiger partial charge in [0.25, 0.3) is 0 Å². The summed E-state index contributed by atoms with van der Waals surface area (Å²) in [4.78, 5) is 19.7. The molecule has 0 saturated heterocycles. The van der Waals surface area contributed by atoms with Gasteiger partial charge < -0.3 is 20.8 Å². The molecule has 1 atom stereocenters. The summed E-state index contributed by atoms with van der Waals surface area (Å²) in [7, 11) is 1.53. The Kier molecular flexibility index (Phi) is 9.34. The molecule has 1 amide bonds. The highest BCUT2D eigenvalue weighted by Crippen LogP contribution is 2.19. The van der Waals surface area contributed by atoms with Crippen LogP contribution in [-0.2, 0) is 16.0 Å². The zero-order valence-corrected chi connectivity index (χ0v) is 16.9. The standard InChI is InChI=1S/C19H21FN4O2.2ClH/c1-26-14(11-21)10-19(25)22-13-6-7-16-17(9-13)24-18(23-16)8-12-4-2-3-5-15(12)20;;/h2-7,9,14H,8,10-11,21H2,1H3,(H,22,25)(H,23,24);2*1H. The number of nitrogens with two attached hydrogens (primary N) is 1. The lowest BCUT2D eigenvalue weighted by atomic mass is 10.1. The summed E-state index contributed by atoms with van der Waals surface area (Å²) >= 11 is 0. The molecule has 0 fully saturated rings. The molecule has 1 heterocycles. The lowest BCUT2D eigenvalue weighted by Crippen LogP contribution is -2.28. The van der Waals surface area contributed by atoms with Crippen LogP contribution in [0.4, 0.5) is 10.1 Å². The van der Waals surface area contributed by atoms with Gasteiger partial charge in [0, 0.05) is 25.8 Å². The van der Waals surface area contributed by atoms with Crippen LogP contribution in [0.1, 0.15) is 17.8 Å². The maximum Gasteiger partial charge on any atom is 0.227 e. The third kappa shape index (κ3) is 5.90. The Balaban J connectivity index is 0.00000196. The first-order chi connectivity index (χ1) is 12.6. The van der Waals surface area contributed by atoms with Crippen LogP contribution in [-0.4, -0.2) is 35.6 Å². The Morgan fingerprint density at radius 2 is 2.04 bits per heavy atom. The number of aromatic nitrogens is 2. The predicted molar refractivity (Wildman–Crippen MR) is 113 cm³/mol. The smallest absolute Gasteiger partial charge is 0.227 e. The normalized spacial score (nSPS) is 11.4. The van der Waals surface area contributed by atoms with Gasteiger partial charge in [-0.25, -0.2) is 9.37 Å². The maximum absolute atomic E-state index is 13.8. The second kappa shape index (κ2) is 11.0. The fourth-order valence-electron chi connectivity index (χ4n) is 2.73. The molecule has 6 nitrogen and oxygen atoms in total. The molecule has 4 N–H and O–H groups in total. The number of benzene rings is 2. The summed E-state index contributed by atoms with van der Waals surface area (Å²) in [6.45, 7) is 0.281. The molecule has 0 aliphatic carbocycles. The number of anilines is 1. The van der Waals surface area contributed by atoms with E-state index in [1.807, 2.05) is 6.07 Å². The van der Waals surface area contributed by atoms with Crippen molar-refractivity contribution < 1.29 is 13.9 Å². The zero-order chi connectivity index (χ0) is 18.5. The first kappa shape index (κ1) is 23.8. The van der Waals surface area contributed by atoms with E-state index in [4.69, 9.17) is 10.5 Å². The molecular formula is C19H23Cl2FN4O2. The van der Waals surface area contributed by atoms with Gasteiger partial charge in [-0.2, -0.15) is 0 Å². The number of H-pyrrole nitrogens is 1. The molecule has 28 heavy (non-hydrogen) atoms. The van der Waals surface area contributed by atoms with Crippen LogP contribution in [0, 0.1) is 5.82 Å². The molecule has 0 aliphatic rings. The molecule has 152 valence electrons. The van der Waals surface area contributed by atoms with Gasteiger partial charge in [0.15, 0.2) is 0 Å². The Morgan fingerprint density at radius 1 is 1.29 bits per heavy atom. The lowest BCUT2D eigenvalue weighted by molar-refractivity contribution is -0.118. The number of rotatable bonds is 7. The summed E-state index contributed by atoms with van der Waals surface area (Å²) in [6.07, 6.45) is 0.250. The second-order valence-corrected chi connectivity index (χ2v) is 6.03. The minimum absolute atomic E-state index is 0. The van der Waals surface area contributed by atoms with Gasteiger partial charge >= 0.3 is 0 Å². The Labute approximate surface area is 174 Å². The Hall–Kier alpha value is -2.19. The van der Waals surface area contributed by atoms with Crippen molar-refractivity contribution in [3.8, 4) is 0 Å². The van der Waals surface area contributed by atoms with Crippen molar-refractivity contribution in [3.63, 3.8) is 0 Å². The molecule has 2 aromatic carbocycles. The molecule has 1 unspecified atom stereocenters. The van der Waals surface area contributed by atoms with Crippen LogP contribution < -0.4 is 11.1 Å². The number of aromatic amines is 1. The van der Waals surface area contributed by atoms with E-state index in [0.717, 1.165) is 11.0 Å². The first-order valence-electron chi connectivity index (χ1n) is 8.34. The van der Waals surface area contributed by atoms with Crippen molar-refractivity contribution in [2.75, 3.05) is 19.0 Å². The Bertz CT molecular complexity index is 916. The quantitative estimate of drug-likeness (QED) is 0.537. The number of imidazole rings is 1. The van der Waals surface area contributed by atoms with E-state index in [1.54, 1.807) is 30.3 Å². The first-order valence-corrected chi connectivity index (χ1v) is 8.34. The topological polar surface area (TPSA) is 93.0 Å². The van der Waals surface area contributed by atoms with E-state index in [-0.39, 0.29) is 55.6 Å². The third-order valence-corrected chi connectivity index (χ3v) is 4.14. The summed E-state index contributed by atoms with van der Waals surface area (Å²) in [6, 6.07) is 12.0. The number of nitrogens with one attached hydrogen (secondary N) is 2. The predicted octanol–water partition coefficient (Wildman–Crippen LogP) is 3.44. The van der Waals surface area contributed by atoms with Crippen LogP contribution in [0.5, 0.6) is 0 Å². The van der Waals surface area contributed by atoms with E-state index in [9.17, 15) is 9.18 Å². The van der Waals surface area contributed by atoms with Gasteiger partial charge in [0.05, 0.1) is 23.6 Å². The molecule has 0 spiro atoms. The average Bonchev–Trinajstić information content (AvgIpc) is 3.03. The number of fused-ring (bicyclic) bond motifs is 1. The van der Waals surface area contributed by atoms with Gasteiger partial charge in [-0.3, -0.25) is 4.79 Å². The van der Waals surface area contributed by atoms with Crippen molar-refractivity contribution in [2.45, 2.75) is 18.9 Å². The molecule has 3 rings (SSSR count). The fourth-order valence-corrected chi connectivity index (χ4v) is 2.73. The molecule has 3 aromatic rings. The van der Waals surface area contributed by atoms with Gasteiger partial charge in [0.2, 0.25) is 5.91 Å². The van der Waals surface area contributed by atoms with Crippen LogP contribution in [0.25, 0.3) is 11.0 Å². The number of halogens is 3. The van der Waals surface area contributed by atoms with Gasteiger partial charge in [0.1, 0.15) is 11.6 Å². The highest BCUT2D eigenvalue weighted by Gasteiger charge is 2.12. The molecule has 0 bridgehead atoms. The fraction of sp³-hybridized carbons (Fsp3) is 0.263. The number of carbonyl (C=O) groups is 1. The molecule has 0 radical (unpaired) electrons. The van der Waals surface area contributed by atoms with Crippen LogP contribution >= 0.6 is 24.8 Å². The number of methoxy groups -OCH3 is 1. The van der Waals surface area contributed by atoms with Gasteiger partial charge in [-0.15, -0.1) is 24.8 Å². The van der Waals surface area contributed by atoms with E-state index >= 15 is 0 Å². The van der Waals surface area contributed by atoms with Crippen molar-refractivity contribution >= 4 is 47.4 Å². The lowest BCUT2D eigenvalue weighted by Gasteiger charge is -2.12. The number of hydrogen-bond donors (Lipinski definition) is 3. The number of nitrogens with zero attached hydrogens (tertiary/aromatic N) is 1. The van der Waals surface area contributed by atoms with Gasteiger partial charge in [-0.1, -0.05) is 18.2 Å². The van der Waals surface area contributed by atoms with Crippen molar-refractivity contribution in [2.24, 2.45) is 5.73 Å². The summed E-state index contributed by atoms with van der Waals surface area (Å²) in [5.41, 5.74) is 8.29. The van der Waals surface area contributed by atoms with Crippen molar-refractivity contribution in [1.29, 1.82) is 0 Å². The molecule has 0 saturated carbocycles. The molecule has 0 aliphatic heterocycles. The maximum atomic E-state index is 13.8. The van der Waals surface area contributed by atoms with E-state index in [1.165, 1.54) is 13.2 Å². The highest BCUT2D eigenvalue weighted by atomic mass is 35.5. The molecule has 9 heteroatoms. The number of amides is 1. The van der Waals surface area contributed by atoms with E-state index in [0.29, 0.717) is 23.5 Å². The molecule has 1 aromatic heterocycles. The SMILES string of the molecule is COC(CN)CC(=O)Nc1ccc2nc(Cc3ccccc3F)[nH]c2c1.Cl.Cl. The van der Waals surface area contributed by atoms with E-state index in [2.05, 4.69) is 15.3 Å². The number of ether oxygens (including phenoxy) is 1. The minimum Gasteiger partial charge on any atom is -0.380 e. The largest absolute Gasteiger partial charge is 0.380 e. The van der Waals surface area contributed by atoms with Crippen molar-refractivity contribution in [1.82, 2.24) is 9.97 Å². The van der Waals surface area contributed by atoms with Gasteiger partial charge in [-0.05, 0) is 29.8 Å². The minimum atomic E-state index is -0.307. The van der Waals surface area contributed by atoms with Crippen LogP contribution in [0.2, 0.25) is 0 Å². The molecular weight excluding hydrogens is 406 g/mol. The van der Waals surface area contributed by atoms with E-state index < -0.39 is 0 Å². The Morgan fingerprint density at radius 3 is 2.71 bits per heavy atom. The zero-order valence-electron chi connectivity index (χ0n) is 15.3.